The van der Waals surface area contributed by atoms with Crippen LogP contribution in [0.25, 0.3) is 11.4 Å². The third-order valence-corrected chi connectivity index (χ3v) is 3.77. The lowest BCUT2D eigenvalue weighted by Gasteiger charge is -2.10. The number of nitrogens with two attached hydrogens (primary N) is 1. The number of aryl methyl sites for hydroxylation is 3. The smallest absolute Gasteiger partial charge is 0.162 e. The topological polar surface area (TPSA) is 51.8 Å². The fourth-order valence-corrected chi connectivity index (χ4v) is 2.39. The minimum absolute atomic E-state index is 0.497. The molecule has 2 N–H and O–H groups in total. The second-order valence-corrected chi connectivity index (χ2v) is 5.16. The molecule has 0 amide bonds. The fraction of sp³-hybridized carbons (Fsp3) is 0.286. The summed E-state index contributed by atoms with van der Waals surface area (Å²) in [6, 6.07) is 6.24. The average molecular weight is 306 g/mol. The zero-order chi connectivity index (χ0) is 13.3. The SMILES string of the molecule is CCc1nc(-c2ccc(C)cc2C)nc(N)c1Br. The second kappa shape index (κ2) is 5.06. The van der Waals surface area contributed by atoms with Crippen LogP contribution < -0.4 is 5.73 Å². The van der Waals surface area contributed by atoms with E-state index >= 15 is 0 Å². The number of rotatable bonds is 2. The van der Waals surface area contributed by atoms with Crippen molar-refractivity contribution in [2.45, 2.75) is 27.2 Å². The number of hydrogen-bond acceptors (Lipinski definition) is 3. The normalized spacial score (nSPS) is 10.7. The number of halogens is 1. The first-order chi connectivity index (χ1) is 8.52. The third-order valence-electron chi connectivity index (χ3n) is 2.90. The largest absolute Gasteiger partial charge is 0.383 e. The highest BCUT2D eigenvalue weighted by Gasteiger charge is 2.11. The minimum atomic E-state index is 0.497. The first kappa shape index (κ1) is 13.0. The zero-order valence-electron chi connectivity index (χ0n) is 10.8. The molecule has 18 heavy (non-hydrogen) atoms. The Balaban J connectivity index is 2.60. The van der Waals surface area contributed by atoms with Gasteiger partial charge in [-0.1, -0.05) is 30.7 Å². The monoisotopic (exact) mass is 305 g/mol. The van der Waals surface area contributed by atoms with Crippen molar-refractivity contribution in [1.82, 2.24) is 9.97 Å². The van der Waals surface area contributed by atoms with Gasteiger partial charge in [-0.3, -0.25) is 0 Å². The molecule has 2 aromatic rings. The lowest BCUT2D eigenvalue weighted by atomic mass is 10.1. The molecule has 0 fully saturated rings. The molecule has 0 radical (unpaired) electrons. The summed E-state index contributed by atoms with van der Waals surface area (Å²) in [7, 11) is 0. The standard InChI is InChI=1S/C14H16BrN3/c1-4-11-12(15)13(16)18-14(17-11)10-6-5-8(2)7-9(10)3/h5-7H,4H2,1-3H3,(H2,16,17,18). The van der Waals surface area contributed by atoms with Crippen molar-refractivity contribution in [1.29, 1.82) is 0 Å². The van der Waals surface area contributed by atoms with E-state index < -0.39 is 0 Å². The van der Waals surface area contributed by atoms with Crippen molar-refractivity contribution in [3.8, 4) is 11.4 Å². The summed E-state index contributed by atoms with van der Waals surface area (Å²) in [6.07, 6.45) is 0.825. The highest BCUT2D eigenvalue weighted by atomic mass is 79.9. The van der Waals surface area contributed by atoms with Gasteiger partial charge in [0.15, 0.2) is 5.82 Å². The van der Waals surface area contributed by atoms with Crippen LogP contribution in [-0.2, 0) is 6.42 Å². The number of hydrogen-bond donors (Lipinski definition) is 1. The molecular formula is C14H16BrN3. The van der Waals surface area contributed by atoms with Crippen molar-refractivity contribution < 1.29 is 0 Å². The highest BCUT2D eigenvalue weighted by molar-refractivity contribution is 9.10. The molecule has 2 rings (SSSR count). The van der Waals surface area contributed by atoms with Gasteiger partial charge in [-0.2, -0.15) is 0 Å². The number of nitrogen functional groups attached to an aromatic ring is 1. The predicted octanol–water partition coefficient (Wildman–Crippen LogP) is 3.67. The molecule has 0 bridgehead atoms. The maximum Gasteiger partial charge on any atom is 0.162 e. The lowest BCUT2D eigenvalue weighted by Crippen LogP contribution is -2.03. The Kier molecular flexibility index (Phi) is 3.66. The van der Waals surface area contributed by atoms with Crippen LogP contribution in [0.2, 0.25) is 0 Å². The summed E-state index contributed by atoms with van der Waals surface area (Å²) in [5.74, 6) is 1.20. The molecule has 1 aromatic heterocycles. The Morgan fingerprint density at radius 2 is 1.94 bits per heavy atom. The van der Waals surface area contributed by atoms with E-state index in [1.165, 1.54) is 11.1 Å². The Morgan fingerprint density at radius 1 is 1.22 bits per heavy atom. The van der Waals surface area contributed by atoms with E-state index in [0.717, 1.165) is 22.2 Å². The first-order valence-corrected chi connectivity index (χ1v) is 6.71. The molecule has 3 nitrogen and oxygen atoms in total. The number of benzene rings is 1. The van der Waals surface area contributed by atoms with Crippen LogP contribution in [0.3, 0.4) is 0 Å². The number of anilines is 1. The van der Waals surface area contributed by atoms with Gasteiger partial charge in [0.1, 0.15) is 5.82 Å². The maximum absolute atomic E-state index is 5.92. The summed E-state index contributed by atoms with van der Waals surface area (Å²) in [4.78, 5) is 8.94. The van der Waals surface area contributed by atoms with Crippen molar-refractivity contribution in [2.75, 3.05) is 5.73 Å². The van der Waals surface area contributed by atoms with Crippen LogP contribution >= 0.6 is 15.9 Å². The Hall–Kier alpha value is -1.42. The van der Waals surface area contributed by atoms with Gasteiger partial charge in [-0.25, -0.2) is 9.97 Å². The third kappa shape index (κ3) is 2.38. The molecule has 4 heteroatoms. The van der Waals surface area contributed by atoms with Crippen LogP contribution in [0.4, 0.5) is 5.82 Å². The van der Waals surface area contributed by atoms with Crippen molar-refractivity contribution in [3.05, 3.63) is 39.5 Å². The zero-order valence-corrected chi connectivity index (χ0v) is 12.4. The quantitative estimate of drug-likeness (QED) is 0.921. The molecule has 0 spiro atoms. The molecule has 94 valence electrons. The summed E-state index contributed by atoms with van der Waals surface area (Å²) < 4.78 is 0.804. The van der Waals surface area contributed by atoms with E-state index in [4.69, 9.17) is 5.73 Å². The van der Waals surface area contributed by atoms with Gasteiger partial charge in [0.05, 0.1) is 10.2 Å². The number of nitrogens with zero attached hydrogens (tertiary/aromatic N) is 2. The molecule has 0 unspecified atom stereocenters. The number of aromatic nitrogens is 2. The highest BCUT2D eigenvalue weighted by Crippen LogP contribution is 2.27. The van der Waals surface area contributed by atoms with Crippen LogP contribution in [0, 0.1) is 13.8 Å². The fourth-order valence-electron chi connectivity index (χ4n) is 1.93. The molecule has 0 aliphatic carbocycles. The maximum atomic E-state index is 5.92. The van der Waals surface area contributed by atoms with Crippen LogP contribution in [0.1, 0.15) is 23.7 Å². The molecule has 0 aliphatic rings. The van der Waals surface area contributed by atoms with Gasteiger partial charge in [0, 0.05) is 5.56 Å². The Bertz CT molecular complexity index is 594. The van der Waals surface area contributed by atoms with E-state index in [1.54, 1.807) is 0 Å². The Labute approximate surface area is 116 Å². The van der Waals surface area contributed by atoms with E-state index in [0.29, 0.717) is 11.6 Å². The molecule has 1 aromatic carbocycles. The van der Waals surface area contributed by atoms with Crippen molar-refractivity contribution >= 4 is 21.7 Å². The van der Waals surface area contributed by atoms with Gasteiger partial charge >= 0.3 is 0 Å². The molecule has 0 saturated carbocycles. The summed E-state index contributed by atoms with van der Waals surface area (Å²) in [5.41, 5.74) is 10.3. The predicted molar refractivity (Wildman–Crippen MR) is 78.4 cm³/mol. The van der Waals surface area contributed by atoms with Crippen LogP contribution in [0.5, 0.6) is 0 Å². The van der Waals surface area contributed by atoms with Gasteiger partial charge in [-0.15, -0.1) is 0 Å². The van der Waals surface area contributed by atoms with Crippen LogP contribution in [0.15, 0.2) is 22.7 Å². The first-order valence-electron chi connectivity index (χ1n) is 5.92. The van der Waals surface area contributed by atoms with Gasteiger partial charge in [0.25, 0.3) is 0 Å². The van der Waals surface area contributed by atoms with Gasteiger partial charge in [-0.05, 0) is 41.8 Å². The van der Waals surface area contributed by atoms with E-state index in [9.17, 15) is 0 Å². The van der Waals surface area contributed by atoms with E-state index in [2.05, 4.69) is 58.8 Å². The van der Waals surface area contributed by atoms with Crippen LogP contribution in [-0.4, -0.2) is 9.97 Å². The van der Waals surface area contributed by atoms with Crippen molar-refractivity contribution in [3.63, 3.8) is 0 Å². The molecule has 1 heterocycles. The second-order valence-electron chi connectivity index (χ2n) is 4.37. The Morgan fingerprint density at radius 3 is 2.56 bits per heavy atom. The molecule has 0 aliphatic heterocycles. The molecular weight excluding hydrogens is 290 g/mol. The summed E-state index contributed by atoms with van der Waals surface area (Å²) in [6.45, 7) is 6.19. The summed E-state index contributed by atoms with van der Waals surface area (Å²) in [5, 5.41) is 0. The molecule has 0 atom stereocenters. The van der Waals surface area contributed by atoms with Gasteiger partial charge < -0.3 is 5.73 Å². The van der Waals surface area contributed by atoms with Crippen molar-refractivity contribution in [2.24, 2.45) is 0 Å². The summed E-state index contributed by atoms with van der Waals surface area (Å²) >= 11 is 3.43. The minimum Gasteiger partial charge on any atom is -0.383 e. The lowest BCUT2D eigenvalue weighted by molar-refractivity contribution is 0.994. The molecule has 0 saturated heterocycles. The van der Waals surface area contributed by atoms with E-state index in [-0.39, 0.29) is 0 Å². The van der Waals surface area contributed by atoms with Gasteiger partial charge in [0.2, 0.25) is 0 Å². The average Bonchev–Trinajstić information content (AvgIpc) is 2.32. The van der Waals surface area contributed by atoms with E-state index in [1.807, 2.05) is 6.07 Å².